The Morgan fingerprint density at radius 1 is 0.962 bits per heavy atom. The average molecular weight is 350 g/mol. The van der Waals surface area contributed by atoms with Gasteiger partial charge in [0.1, 0.15) is 23.2 Å². The van der Waals surface area contributed by atoms with Crippen LogP contribution in [0.4, 0.5) is 10.2 Å². The number of halogens is 1. The zero-order valence-corrected chi connectivity index (χ0v) is 14.4. The van der Waals surface area contributed by atoms with Crippen molar-refractivity contribution in [2.75, 3.05) is 5.32 Å². The number of benzene rings is 2. The van der Waals surface area contributed by atoms with E-state index in [2.05, 4.69) is 20.6 Å². The zero-order valence-electron chi connectivity index (χ0n) is 14.4. The molecule has 1 amide bonds. The van der Waals surface area contributed by atoms with Crippen LogP contribution in [0.15, 0.2) is 60.7 Å². The van der Waals surface area contributed by atoms with Crippen LogP contribution in [-0.4, -0.2) is 15.9 Å². The number of nitrogens with one attached hydrogen (secondary N) is 2. The molecule has 0 unspecified atom stereocenters. The number of carbonyl (C=O) groups is 1. The van der Waals surface area contributed by atoms with E-state index < -0.39 is 0 Å². The smallest absolute Gasteiger partial charge is 0.270 e. The lowest BCUT2D eigenvalue weighted by Gasteiger charge is -2.09. The molecule has 0 spiro atoms. The Hall–Kier alpha value is -3.28. The van der Waals surface area contributed by atoms with Gasteiger partial charge in [-0.3, -0.25) is 4.79 Å². The summed E-state index contributed by atoms with van der Waals surface area (Å²) in [7, 11) is 0. The lowest BCUT2D eigenvalue weighted by atomic mass is 10.2. The minimum Gasteiger partial charge on any atom is -0.366 e. The second-order valence-corrected chi connectivity index (χ2v) is 5.83. The van der Waals surface area contributed by atoms with Crippen LogP contribution in [0.1, 0.15) is 27.4 Å². The van der Waals surface area contributed by atoms with Crippen LogP contribution >= 0.6 is 0 Å². The monoisotopic (exact) mass is 350 g/mol. The molecule has 0 saturated heterocycles. The molecule has 3 rings (SSSR count). The molecule has 6 heteroatoms. The highest BCUT2D eigenvalue weighted by atomic mass is 19.1. The molecule has 0 saturated carbocycles. The van der Waals surface area contributed by atoms with Crippen molar-refractivity contribution in [3.05, 3.63) is 89.1 Å². The van der Waals surface area contributed by atoms with Gasteiger partial charge in [0.05, 0.1) is 0 Å². The number of aryl methyl sites for hydroxylation is 1. The normalized spacial score (nSPS) is 10.4. The predicted octanol–water partition coefficient (Wildman–Crippen LogP) is 3.47. The van der Waals surface area contributed by atoms with E-state index in [1.54, 1.807) is 25.1 Å². The van der Waals surface area contributed by atoms with Crippen molar-refractivity contribution in [1.29, 1.82) is 0 Å². The summed E-state index contributed by atoms with van der Waals surface area (Å²) >= 11 is 0. The highest BCUT2D eigenvalue weighted by Gasteiger charge is 2.10. The minimum absolute atomic E-state index is 0.260. The first kappa shape index (κ1) is 17.5. The van der Waals surface area contributed by atoms with Crippen molar-refractivity contribution < 1.29 is 9.18 Å². The first-order valence-electron chi connectivity index (χ1n) is 8.26. The van der Waals surface area contributed by atoms with Crippen molar-refractivity contribution in [2.45, 2.75) is 20.0 Å². The van der Waals surface area contributed by atoms with Crippen LogP contribution in [0.3, 0.4) is 0 Å². The average Bonchev–Trinajstić information content (AvgIpc) is 2.66. The minimum atomic E-state index is -0.274. The van der Waals surface area contributed by atoms with Gasteiger partial charge in [0, 0.05) is 19.2 Å². The topological polar surface area (TPSA) is 66.9 Å². The fourth-order valence-corrected chi connectivity index (χ4v) is 2.44. The molecule has 0 radical (unpaired) electrons. The first-order chi connectivity index (χ1) is 12.6. The first-order valence-corrected chi connectivity index (χ1v) is 8.26. The summed E-state index contributed by atoms with van der Waals surface area (Å²) in [4.78, 5) is 20.9. The molecule has 0 bridgehead atoms. The van der Waals surface area contributed by atoms with Gasteiger partial charge in [0.15, 0.2) is 0 Å². The van der Waals surface area contributed by atoms with Crippen molar-refractivity contribution in [3.63, 3.8) is 0 Å². The molecule has 132 valence electrons. The third-order valence-electron chi connectivity index (χ3n) is 3.75. The van der Waals surface area contributed by atoms with Crippen LogP contribution < -0.4 is 10.6 Å². The number of amides is 1. The summed E-state index contributed by atoms with van der Waals surface area (Å²) in [6.07, 6.45) is 0. The van der Waals surface area contributed by atoms with E-state index in [9.17, 15) is 9.18 Å². The molecule has 1 heterocycles. The number of nitrogens with zero attached hydrogens (tertiary/aromatic N) is 2. The summed E-state index contributed by atoms with van der Waals surface area (Å²) in [6, 6.07) is 17.5. The molecule has 2 aromatic carbocycles. The Labute approximate surface area is 151 Å². The molecular formula is C20H19FN4O. The Bertz CT molecular complexity index is 882. The SMILES string of the molecule is Cc1nc(NCc2ccc(F)cc2)cc(C(=O)NCc2ccccc2)n1. The van der Waals surface area contributed by atoms with Gasteiger partial charge in [-0.05, 0) is 30.2 Å². The molecule has 1 aromatic heterocycles. The standard InChI is InChI=1S/C20H19FN4O/c1-14-24-18(20(26)23-13-15-5-3-2-4-6-15)11-19(25-14)22-12-16-7-9-17(21)10-8-16/h2-11H,12-13H2,1H3,(H,23,26)(H,22,24,25). The number of hydrogen-bond acceptors (Lipinski definition) is 4. The number of anilines is 1. The zero-order chi connectivity index (χ0) is 18.4. The van der Waals surface area contributed by atoms with Crippen molar-refractivity contribution in [1.82, 2.24) is 15.3 Å². The molecular weight excluding hydrogens is 331 g/mol. The lowest BCUT2D eigenvalue weighted by molar-refractivity contribution is 0.0945. The molecule has 0 aliphatic carbocycles. The molecule has 0 atom stereocenters. The second-order valence-electron chi connectivity index (χ2n) is 5.83. The lowest BCUT2D eigenvalue weighted by Crippen LogP contribution is -2.24. The van der Waals surface area contributed by atoms with Gasteiger partial charge in [0.2, 0.25) is 0 Å². The summed E-state index contributed by atoms with van der Waals surface area (Å²) in [5, 5.41) is 5.99. The molecule has 2 N–H and O–H groups in total. The molecule has 5 nitrogen and oxygen atoms in total. The van der Waals surface area contributed by atoms with Gasteiger partial charge in [-0.15, -0.1) is 0 Å². The Morgan fingerprint density at radius 2 is 1.65 bits per heavy atom. The van der Waals surface area contributed by atoms with Crippen LogP contribution in [-0.2, 0) is 13.1 Å². The van der Waals surface area contributed by atoms with Crippen LogP contribution in [0.25, 0.3) is 0 Å². The number of aromatic nitrogens is 2. The van der Waals surface area contributed by atoms with Gasteiger partial charge in [-0.1, -0.05) is 42.5 Å². The van der Waals surface area contributed by atoms with Gasteiger partial charge in [-0.25, -0.2) is 14.4 Å². The van der Waals surface area contributed by atoms with Crippen LogP contribution in [0, 0.1) is 12.7 Å². The maximum absolute atomic E-state index is 13.0. The highest BCUT2D eigenvalue weighted by Crippen LogP contribution is 2.10. The summed E-state index contributed by atoms with van der Waals surface area (Å²) in [5.41, 5.74) is 2.23. The fraction of sp³-hybridized carbons (Fsp3) is 0.150. The Balaban J connectivity index is 1.64. The summed E-state index contributed by atoms with van der Waals surface area (Å²) < 4.78 is 13.0. The van der Waals surface area contributed by atoms with Gasteiger partial charge >= 0.3 is 0 Å². The molecule has 3 aromatic rings. The van der Waals surface area contributed by atoms with E-state index in [0.717, 1.165) is 11.1 Å². The molecule has 26 heavy (non-hydrogen) atoms. The number of hydrogen-bond donors (Lipinski definition) is 2. The molecule has 0 fully saturated rings. The van der Waals surface area contributed by atoms with E-state index >= 15 is 0 Å². The number of carbonyl (C=O) groups excluding carboxylic acids is 1. The quantitative estimate of drug-likeness (QED) is 0.714. The van der Waals surface area contributed by atoms with Crippen molar-refractivity contribution in [3.8, 4) is 0 Å². The fourth-order valence-electron chi connectivity index (χ4n) is 2.44. The molecule has 0 aliphatic heterocycles. The van der Waals surface area contributed by atoms with E-state index in [1.807, 2.05) is 30.3 Å². The van der Waals surface area contributed by atoms with Crippen molar-refractivity contribution in [2.24, 2.45) is 0 Å². The van der Waals surface area contributed by atoms with E-state index in [4.69, 9.17) is 0 Å². The Kier molecular flexibility index (Phi) is 5.53. The summed E-state index contributed by atoms with van der Waals surface area (Å²) in [5.74, 6) is 0.513. The van der Waals surface area contributed by atoms with Crippen LogP contribution in [0.5, 0.6) is 0 Å². The maximum atomic E-state index is 13.0. The van der Waals surface area contributed by atoms with Crippen molar-refractivity contribution >= 4 is 11.7 Å². The van der Waals surface area contributed by atoms with E-state index in [1.165, 1.54) is 12.1 Å². The van der Waals surface area contributed by atoms with Crippen LogP contribution in [0.2, 0.25) is 0 Å². The van der Waals surface area contributed by atoms with Gasteiger partial charge < -0.3 is 10.6 Å². The molecule has 0 aliphatic rings. The Morgan fingerprint density at radius 3 is 2.38 bits per heavy atom. The summed E-state index contributed by atoms with van der Waals surface area (Å²) in [6.45, 7) is 2.64. The third-order valence-corrected chi connectivity index (χ3v) is 3.75. The highest BCUT2D eigenvalue weighted by molar-refractivity contribution is 5.92. The van der Waals surface area contributed by atoms with E-state index in [0.29, 0.717) is 30.4 Å². The second kappa shape index (κ2) is 8.20. The maximum Gasteiger partial charge on any atom is 0.270 e. The van der Waals surface area contributed by atoms with Gasteiger partial charge in [-0.2, -0.15) is 0 Å². The van der Waals surface area contributed by atoms with Gasteiger partial charge in [0.25, 0.3) is 5.91 Å². The van der Waals surface area contributed by atoms with E-state index in [-0.39, 0.29) is 11.7 Å². The largest absolute Gasteiger partial charge is 0.366 e. The number of rotatable bonds is 6. The third kappa shape index (κ3) is 4.86. The predicted molar refractivity (Wildman–Crippen MR) is 98.1 cm³/mol.